The van der Waals surface area contributed by atoms with Gasteiger partial charge in [0, 0.05) is 69.2 Å². The number of benzene rings is 2. The zero-order valence-electron chi connectivity index (χ0n) is 27.0. The Morgan fingerprint density at radius 2 is 1.00 bits per heavy atom. The van der Waals surface area contributed by atoms with Crippen LogP contribution in [0.15, 0.2) is 36.9 Å². The minimum absolute atomic E-state index is 0.210. The van der Waals surface area contributed by atoms with Crippen LogP contribution in [0.4, 0.5) is 11.6 Å². The third kappa shape index (κ3) is 7.65. The highest BCUT2D eigenvalue weighted by molar-refractivity contribution is 7.88. The third-order valence-electron chi connectivity index (χ3n) is 8.61. The van der Waals surface area contributed by atoms with Crippen LogP contribution in [0.25, 0.3) is 21.8 Å². The Balaban J connectivity index is 0.000000181. The van der Waals surface area contributed by atoms with Gasteiger partial charge in [-0.3, -0.25) is 0 Å². The van der Waals surface area contributed by atoms with Gasteiger partial charge in [-0.25, -0.2) is 45.4 Å². The Labute approximate surface area is 271 Å². The van der Waals surface area contributed by atoms with E-state index in [1.807, 2.05) is 13.0 Å². The molecular weight excluding hydrogens is 629 g/mol. The van der Waals surface area contributed by atoms with Crippen molar-refractivity contribution in [3.63, 3.8) is 0 Å². The van der Waals surface area contributed by atoms with Crippen molar-refractivity contribution in [3.8, 4) is 5.75 Å². The molecule has 248 valence electrons. The maximum Gasteiger partial charge on any atom is 0.211 e. The number of rotatable bonds is 4. The molecule has 2 aromatic heterocycles. The molecule has 0 spiro atoms. The summed E-state index contributed by atoms with van der Waals surface area (Å²) in [7, 11) is -6.30. The number of aromatic nitrogens is 4. The number of phenolic OH excluding ortho intramolecular Hbond substituents is 1. The van der Waals surface area contributed by atoms with Gasteiger partial charge in [-0.15, -0.1) is 0 Å². The van der Waals surface area contributed by atoms with Gasteiger partial charge in [-0.2, -0.15) is 0 Å². The molecule has 4 heterocycles. The molecule has 13 nitrogen and oxygen atoms in total. The fraction of sp³-hybridized carbons (Fsp3) is 0.484. The van der Waals surface area contributed by atoms with Crippen LogP contribution >= 0.6 is 0 Å². The number of aromatic hydroxyl groups is 1. The van der Waals surface area contributed by atoms with Gasteiger partial charge in [-0.05, 0) is 68.5 Å². The molecule has 6 rings (SSSR count). The van der Waals surface area contributed by atoms with Gasteiger partial charge in [0.2, 0.25) is 20.0 Å². The third-order valence-corrected chi connectivity index (χ3v) is 11.2. The molecule has 2 aliphatic rings. The van der Waals surface area contributed by atoms with Crippen LogP contribution in [0.3, 0.4) is 0 Å². The molecule has 15 heteroatoms. The predicted molar refractivity (Wildman–Crippen MR) is 181 cm³/mol. The number of hydrogen-bond acceptors (Lipinski definition) is 11. The van der Waals surface area contributed by atoms with Gasteiger partial charge in [0.25, 0.3) is 0 Å². The maximum absolute atomic E-state index is 11.8. The number of nitrogens with zero attached hydrogens (tertiary/aromatic N) is 8. The highest BCUT2D eigenvalue weighted by Gasteiger charge is 2.24. The monoisotopic (exact) mass is 670 g/mol. The van der Waals surface area contributed by atoms with Crippen molar-refractivity contribution in [1.29, 1.82) is 0 Å². The van der Waals surface area contributed by atoms with Crippen LogP contribution in [0.1, 0.15) is 29.5 Å². The van der Waals surface area contributed by atoms with E-state index in [9.17, 15) is 21.9 Å². The second kappa shape index (κ2) is 13.6. The molecule has 0 amide bonds. The molecule has 1 N–H and O–H groups in total. The van der Waals surface area contributed by atoms with Gasteiger partial charge < -0.3 is 14.9 Å². The molecule has 0 aliphatic carbocycles. The SMILES string of the molecule is Cc1cc2c(N3CCCN(S(C)(=O)=O)CC3)ncnc2cc1O.Cc1cc2ncnc(N3CCCN(S(C)(=O)=O)CC3)c2cc1C. The normalized spacial score (nSPS) is 17.4. The summed E-state index contributed by atoms with van der Waals surface area (Å²) in [6, 6.07) is 7.71. The summed E-state index contributed by atoms with van der Waals surface area (Å²) in [4.78, 5) is 21.7. The maximum atomic E-state index is 11.8. The molecule has 2 saturated heterocycles. The van der Waals surface area contributed by atoms with E-state index in [1.165, 1.54) is 34.3 Å². The molecule has 2 fully saturated rings. The summed E-state index contributed by atoms with van der Waals surface area (Å²) in [6.07, 6.45) is 7.13. The highest BCUT2D eigenvalue weighted by atomic mass is 32.2. The molecule has 0 unspecified atom stereocenters. The average molecular weight is 671 g/mol. The lowest BCUT2D eigenvalue weighted by Gasteiger charge is -2.23. The Morgan fingerprint density at radius 3 is 1.48 bits per heavy atom. The van der Waals surface area contributed by atoms with Gasteiger partial charge in [0.05, 0.1) is 23.5 Å². The van der Waals surface area contributed by atoms with Gasteiger partial charge in [0.1, 0.15) is 30.0 Å². The second-order valence-electron chi connectivity index (χ2n) is 12.0. The number of hydrogen-bond donors (Lipinski definition) is 1. The van der Waals surface area contributed by atoms with Crippen molar-refractivity contribution in [3.05, 3.63) is 53.6 Å². The molecule has 0 bridgehead atoms. The van der Waals surface area contributed by atoms with Crippen LogP contribution in [0, 0.1) is 20.8 Å². The first-order chi connectivity index (χ1) is 21.7. The van der Waals surface area contributed by atoms with E-state index < -0.39 is 20.0 Å². The van der Waals surface area contributed by atoms with Crippen LogP contribution in [-0.2, 0) is 20.0 Å². The van der Waals surface area contributed by atoms with Gasteiger partial charge in [-0.1, -0.05) is 0 Å². The first-order valence-electron chi connectivity index (χ1n) is 15.3. The number of aryl methyl sites for hydroxylation is 3. The van der Waals surface area contributed by atoms with E-state index in [0.717, 1.165) is 59.4 Å². The summed E-state index contributed by atoms with van der Waals surface area (Å²) < 4.78 is 50.0. The fourth-order valence-corrected chi connectivity index (χ4v) is 7.62. The summed E-state index contributed by atoms with van der Waals surface area (Å²) in [5.41, 5.74) is 4.80. The molecule has 4 aromatic rings. The second-order valence-corrected chi connectivity index (χ2v) is 16.0. The first kappa shape index (κ1) is 33.7. The quantitative estimate of drug-likeness (QED) is 0.341. The summed E-state index contributed by atoms with van der Waals surface area (Å²) in [5.74, 6) is 1.89. The van der Waals surface area contributed by atoms with E-state index in [4.69, 9.17) is 0 Å². The summed E-state index contributed by atoms with van der Waals surface area (Å²) in [5, 5.41) is 11.7. The van der Waals surface area contributed by atoms with Gasteiger partial charge in [0.15, 0.2) is 0 Å². The van der Waals surface area contributed by atoms with Crippen molar-refractivity contribution in [1.82, 2.24) is 28.5 Å². The molecule has 0 atom stereocenters. The van der Waals surface area contributed by atoms with E-state index in [0.29, 0.717) is 44.8 Å². The lowest BCUT2D eigenvalue weighted by Crippen LogP contribution is -2.34. The van der Waals surface area contributed by atoms with E-state index in [-0.39, 0.29) is 5.75 Å². The largest absolute Gasteiger partial charge is 0.508 e. The number of sulfonamides is 2. The van der Waals surface area contributed by atoms with E-state index in [2.05, 4.69) is 55.7 Å². The molecule has 0 radical (unpaired) electrons. The number of anilines is 2. The van der Waals surface area contributed by atoms with Crippen molar-refractivity contribution in [2.75, 3.05) is 74.7 Å². The minimum atomic E-state index is -3.17. The van der Waals surface area contributed by atoms with Crippen molar-refractivity contribution in [2.45, 2.75) is 33.6 Å². The zero-order valence-corrected chi connectivity index (χ0v) is 28.6. The fourth-order valence-electron chi connectivity index (χ4n) is 5.87. The van der Waals surface area contributed by atoms with E-state index in [1.54, 1.807) is 16.7 Å². The number of phenols is 1. The zero-order chi connectivity index (χ0) is 33.2. The smallest absolute Gasteiger partial charge is 0.211 e. The van der Waals surface area contributed by atoms with Crippen LogP contribution in [-0.4, -0.2) is 115 Å². The average Bonchev–Trinajstić information content (AvgIpc) is 3.40. The Bertz CT molecular complexity index is 1810. The Kier molecular flexibility index (Phi) is 9.96. The van der Waals surface area contributed by atoms with Crippen LogP contribution in [0.2, 0.25) is 0 Å². The first-order valence-corrected chi connectivity index (χ1v) is 19.0. The lowest BCUT2D eigenvalue weighted by molar-refractivity contribution is 0.437. The van der Waals surface area contributed by atoms with Crippen molar-refractivity contribution < 1.29 is 21.9 Å². The number of fused-ring (bicyclic) bond motifs is 2. The van der Waals surface area contributed by atoms with Crippen molar-refractivity contribution in [2.24, 2.45) is 0 Å². The topological polar surface area (TPSA) is 153 Å². The minimum Gasteiger partial charge on any atom is -0.508 e. The van der Waals surface area contributed by atoms with E-state index >= 15 is 0 Å². The summed E-state index contributed by atoms with van der Waals surface area (Å²) >= 11 is 0. The van der Waals surface area contributed by atoms with Crippen LogP contribution in [0.5, 0.6) is 5.75 Å². The predicted octanol–water partition coefficient (Wildman–Crippen LogP) is 2.83. The summed E-state index contributed by atoms with van der Waals surface area (Å²) in [6.45, 7) is 10.8. The molecule has 46 heavy (non-hydrogen) atoms. The standard InChI is InChI=1S/C16H22N4O2S.C15H20N4O3S/c1-12-9-14-15(10-13(12)2)17-11-18-16(14)19-5-4-6-20(8-7-19)23(3,21)22;1-11-8-12-13(9-14(11)20)16-10-17-15(12)18-4-3-5-19(7-6-18)23(2,21)22/h9-11H,4-8H2,1-3H3;8-10,20H,3-7H2,1-2H3. The van der Waals surface area contributed by atoms with Gasteiger partial charge >= 0.3 is 0 Å². The Morgan fingerprint density at radius 1 is 0.565 bits per heavy atom. The van der Waals surface area contributed by atoms with Crippen LogP contribution < -0.4 is 9.80 Å². The molecule has 2 aliphatic heterocycles. The van der Waals surface area contributed by atoms with Crippen molar-refractivity contribution >= 4 is 53.5 Å². The molecule has 2 aromatic carbocycles. The Hall–Kier alpha value is -3.66. The lowest BCUT2D eigenvalue weighted by atomic mass is 10.1. The highest BCUT2D eigenvalue weighted by Crippen LogP contribution is 2.30. The molecular formula is C31H42N8O5S2. The molecule has 0 saturated carbocycles.